The monoisotopic (exact) mass is 487 g/mol. The Balaban J connectivity index is 1.30. The molecule has 33 heavy (non-hydrogen) atoms. The van der Waals surface area contributed by atoms with Gasteiger partial charge in [-0.25, -0.2) is 8.42 Å². The van der Waals surface area contributed by atoms with Crippen molar-refractivity contribution in [2.45, 2.75) is 30.1 Å². The smallest absolute Gasteiger partial charge is 0.279 e. The van der Waals surface area contributed by atoms with Crippen LogP contribution in [-0.2, 0) is 19.6 Å². The van der Waals surface area contributed by atoms with Crippen molar-refractivity contribution in [2.24, 2.45) is 5.92 Å². The number of hydrogen-bond acceptors (Lipinski definition) is 6. The normalized spacial score (nSPS) is 17.9. The predicted octanol–water partition coefficient (Wildman–Crippen LogP) is 2.92. The van der Waals surface area contributed by atoms with Crippen LogP contribution in [-0.4, -0.2) is 43.7 Å². The number of hydrazine groups is 1. The SMILES string of the molecule is C[C@@H](Oc1ccc2ccccc2c1)C(=O)NNC(=O)[C@@H]1CCCN(S(=O)(=O)c2cccs2)C1. The van der Waals surface area contributed by atoms with Gasteiger partial charge in [-0.1, -0.05) is 36.4 Å². The highest BCUT2D eigenvalue weighted by Crippen LogP contribution is 2.26. The fraction of sp³-hybridized carbons (Fsp3) is 0.304. The van der Waals surface area contributed by atoms with E-state index in [2.05, 4.69) is 10.9 Å². The number of carbonyl (C=O) groups is 2. The van der Waals surface area contributed by atoms with E-state index >= 15 is 0 Å². The van der Waals surface area contributed by atoms with Crippen molar-refractivity contribution in [2.75, 3.05) is 13.1 Å². The maximum absolute atomic E-state index is 12.7. The van der Waals surface area contributed by atoms with E-state index < -0.39 is 33.9 Å². The molecule has 0 spiro atoms. The van der Waals surface area contributed by atoms with Crippen LogP contribution >= 0.6 is 11.3 Å². The van der Waals surface area contributed by atoms with E-state index in [1.165, 1.54) is 4.31 Å². The Kier molecular flexibility index (Phi) is 6.96. The predicted molar refractivity (Wildman–Crippen MR) is 126 cm³/mol. The Labute approximate surface area is 196 Å². The summed E-state index contributed by atoms with van der Waals surface area (Å²) in [7, 11) is -3.62. The molecule has 174 valence electrons. The number of sulfonamides is 1. The maximum atomic E-state index is 12.7. The molecule has 2 amide bonds. The van der Waals surface area contributed by atoms with Gasteiger partial charge in [0.15, 0.2) is 6.10 Å². The van der Waals surface area contributed by atoms with Crippen LogP contribution in [0.15, 0.2) is 64.2 Å². The summed E-state index contributed by atoms with van der Waals surface area (Å²) < 4.78 is 32.8. The molecule has 2 N–H and O–H groups in total. The van der Waals surface area contributed by atoms with Crippen molar-refractivity contribution < 1.29 is 22.7 Å². The highest BCUT2D eigenvalue weighted by molar-refractivity contribution is 7.91. The number of carbonyl (C=O) groups excluding carboxylic acids is 2. The van der Waals surface area contributed by atoms with Gasteiger partial charge in [0.25, 0.3) is 15.9 Å². The number of fused-ring (bicyclic) bond motifs is 1. The Morgan fingerprint density at radius 1 is 1.09 bits per heavy atom. The van der Waals surface area contributed by atoms with Gasteiger partial charge in [0.2, 0.25) is 5.91 Å². The molecule has 1 aliphatic rings. The molecular formula is C23H25N3O5S2. The number of nitrogens with zero attached hydrogens (tertiary/aromatic N) is 1. The number of thiophene rings is 1. The zero-order chi connectivity index (χ0) is 23.4. The van der Waals surface area contributed by atoms with Gasteiger partial charge in [0.1, 0.15) is 9.96 Å². The highest BCUT2D eigenvalue weighted by atomic mass is 32.2. The lowest BCUT2D eigenvalue weighted by atomic mass is 9.99. The van der Waals surface area contributed by atoms with E-state index in [1.54, 1.807) is 30.5 Å². The second-order valence-corrected chi connectivity index (χ2v) is 11.0. The van der Waals surface area contributed by atoms with Crippen molar-refractivity contribution >= 4 is 43.9 Å². The van der Waals surface area contributed by atoms with Crippen molar-refractivity contribution in [1.29, 1.82) is 0 Å². The second-order valence-electron chi connectivity index (χ2n) is 7.88. The third-order valence-electron chi connectivity index (χ3n) is 5.56. The number of nitrogens with one attached hydrogen (secondary N) is 2. The summed E-state index contributed by atoms with van der Waals surface area (Å²) in [4.78, 5) is 25.0. The van der Waals surface area contributed by atoms with E-state index in [-0.39, 0.29) is 10.8 Å². The number of rotatable bonds is 6. The standard InChI is InChI=1S/C23H25N3O5S2/c1-16(31-20-11-10-17-6-2-3-7-18(17)14-20)22(27)24-25-23(28)19-8-4-12-26(15-19)33(29,30)21-9-5-13-32-21/h2-3,5-7,9-11,13-14,16,19H,4,8,12,15H2,1H3,(H,24,27)(H,25,28)/t16-,19-/m1/s1. The Morgan fingerprint density at radius 3 is 2.64 bits per heavy atom. The fourth-order valence-electron chi connectivity index (χ4n) is 3.74. The first-order chi connectivity index (χ1) is 15.8. The molecule has 2 atom stereocenters. The third kappa shape index (κ3) is 5.35. The van der Waals surface area contributed by atoms with Gasteiger partial charge in [-0.15, -0.1) is 11.3 Å². The first-order valence-electron chi connectivity index (χ1n) is 10.6. The molecule has 2 heterocycles. The number of hydrogen-bond donors (Lipinski definition) is 2. The van der Waals surface area contributed by atoms with Crippen LogP contribution in [0.25, 0.3) is 10.8 Å². The molecule has 8 nitrogen and oxygen atoms in total. The lowest BCUT2D eigenvalue weighted by Crippen LogP contribution is -2.52. The van der Waals surface area contributed by atoms with Crippen LogP contribution in [0.5, 0.6) is 5.75 Å². The molecule has 4 rings (SSSR count). The Bertz CT molecular complexity index is 1240. The van der Waals surface area contributed by atoms with E-state index in [0.29, 0.717) is 25.1 Å². The number of ether oxygens (including phenoxy) is 1. The largest absolute Gasteiger partial charge is 0.481 e. The van der Waals surface area contributed by atoms with Crippen LogP contribution in [0.4, 0.5) is 0 Å². The first-order valence-corrected chi connectivity index (χ1v) is 13.0. The first kappa shape index (κ1) is 23.2. The highest BCUT2D eigenvalue weighted by Gasteiger charge is 2.34. The molecule has 3 aromatic rings. The Hall–Kier alpha value is -2.95. The minimum Gasteiger partial charge on any atom is -0.481 e. The van der Waals surface area contributed by atoms with Crippen LogP contribution in [0, 0.1) is 5.92 Å². The van der Waals surface area contributed by atoms with Gasteiger partial charge < -0.3 is 4.74 Å². The second kappa shape index (κ2) is 9.90. The van der Waals surface area contributed by atoms with Gasteiger partial charge in [-0.05, 0) is 54.1 Å². The van der Waals surface area contributed by atoms with Crippen LogP contribution in [0.3, 0.4) is 0 Å². The van der Waals surface area contributed by atoms with E-state index in [4.69, 9.17) is 4.74 Å². The van der Waals surface area contributed by atoms with Gasteiger partial charge in [-0.2, -0.15) is 4.31 Å². The summed E-state index contributed by atoms with van der Waals surface area (Å²) >= 11 is 1.15. The molecule has 1 fully saturated rings. The van der Waals surface area contributed by atoms with Gasteiger partial charge in [0, 0.05) is 13.1 Å². The third-order valence-corrected chi connectivity index (χ3v) is 8.79. The Morgan fingerprint density at radius 2 is 1.88 bits per heavy atom. The average Bonchev–Trinajstić information content (AvgIpc) is 3.38. The van der Waals surface area contributed by atoms with Gasteiger partial charge in [-0.3, -0.25) is 20.4 Å². The molecule has 0 radical (unpaired) electrons. The topological polar surface area (TPSA) is 105 Å². The van der Waals surface area contributed by atoms with Crippen molar-refractivity contribution in [3.8, 4) is 5.75 Å². The molecule has 0 unspecified atom stereocenters. The lowest BCUT2D eigenvalue weighted by molar-refractivity contribution is -0.134. The van der Waals surface area contributed by atoms with Crippen LogP contribution in [0.1, 0.15) is 19.8 Å². The molecule has 0 aliphatic carbocycles. The summed E-state index contributed by atoms with van der Waals surface area (Å²) in [5.74, 6) is -0.933. The number of benzene rings is 2. The summed E-state index contributed by atoms with van der Waals surface area (Å²) in [6, 6.07) is 16.6. The van der Waals surface area contributed by atoms with Crippen molar-refractivity contribution in [3.05, 3.63) is 60.0 Å². The molecule has 2 aromatic carbocycles. The quantitative estimate of drug-likeness (QED) is 0.520. The summed E-state index contributed by atoms with van der Waals surface area (Å²) in [5.41, 5.74) is 4.81. The zero-order valence-corrected chi connectivity index (χ0v) is 19.7. The van der Waals surface area contributed by atoms with Gasteiger partial charge in [0.05, 0.1) is 5.92 Å². The number of piperidine rings is 1. The molecule has 0 bridgehead atoms. The van der Waals surface area contributed by atoms with E-state index in [9.17, 15) is 18.0 Å². The van der Waals surface area contributed by atoms with Crippen LogP contribution in [0.2, 0.25) is 0 Å². The van der Waals surface area contributed by atoms with Crippen LogP contribution < -0.4 is 15.6 Å². The lowest BCUT2D eigenvalue weighted by Gasteiger charge is -2.30. The zero-order valence-electron chi connectivity index (χ0n) is 18.1. The van der Waals surface area contributed by atoms with Gasteiger partial charge >= 0.3 is 0 Å². The fourth-order valence-corrected chi connectivity index (χ4v) is 6.41. The molecule has 1 aromatic heterocycles. The molecule has 1 saturated heterocycles. The summed E-state index contributed by atoms with van der Waals surface area (Å²) in [5, 5.41) is 3.77. The summed E-state index contributed by atoms with van der Waals surface area (Å²) in [6.45, 7) is 2.03. The molecular weight excluding hydrogens is 462 g/mol. The summed E-state index contributed by atoms with van der Waals surface area (Å²) in [6.07, 6.45) is 0.271. The maximum Gasteiger partial charge on any atom is 0.279 e. The van der Waals surface area contributed by atoms with Crippen molar-refractivity contribution in [1.82, 2.24) is 15.2 Å². The molecule has 1 aliphatic heterocycles. The van der Waals surface area contributed by atoms with E-state index in [0.717, 1.165) is 22.1 Å². The number of amides is 2. The molecule has 10 heteroatoms. The minimum atomic E-state index is -3.62. The van der Waals surface area contributed by atoms with E-state index in [1.807, 2.05) is 36.4 Å². The average molecular weight is 488 g/mol. The van der Waals surface area contributed by atoms with Crippen molar-refractivity contribution in [3.63, 3.8) is 0 Å². The minimum absolute atomic E-state index is 0.0745. The molecule has 0 saturated carbocycles.